The van der Waals surface area contributed by atoms with Crippen molar-refractivity contribution in [3.05, 3.63) is 52.5 Å². The van der Waals surface area contributed by atoms with Gasteiger partial charge in [0.1, 0.15) is 0 Å². The number of hydrogen-bond donors (Lipinski definition) is 1. The van der Waals surface area contributed by atoms with Crippen molar-refractivity contribution in [2.45, 2.75) is 13.8 Å². The highest BCUT2D eigenvalue weighted by molar-refractivity contribution is 7.13. The SMILES string of the molecule is CC(=Cc1ccccc1)/C=N\Nc1nc(C)cs1. The molecule has 2 aromatic rings. The van der Waals surface area contributed by atoms with Crippen molar-refractivity contribution in [3.63, 3.8) is 0 Å². The summed E-state index contributed by atoms with van der Waals surface area (Å²) in [7, 11) is 0. The number of rotatable bonds is 4. The molecular weight excluding hydrogens is 242 g/mol. The van der Waals surface area contributed by atoms with E-state index in [1.54, 1.807) is 17.6 Å². The molecule has 2 rings (SSSR count). The van der Waals surface area contributed by atoms with E-state index in [1.807, 2.05) is 37.4 Å². The van der Waals surface area contributed by atoms with Gasteiger partial charge < -0.3 is 0 Å². The number of allylic oxidation sites excluding steroid dienone is 1. The summed E-state index contributed by atoms with van der Waals surface area (Å²) in [5.74, 6) is 0. The fraction of sp³-hybridized carbons (Fsp3) is 0.143. The van der Waals surface area contributed by atoms with Crippen molar-refractivity contribution in [1.82, 2.24) is 4.98 Å². The highest BCUT2D eigenvalue weighted by Crippen LogP contribution is 2.14. The van der Waals surface area contributed by atoms with E-state index in [1.165, 1.54) is 5.56 Å². The largest absolute Gasteiger partial charge is 0.253 e. The molecule has 0 aliphatic carbocycles. The average molecular weight is 257 g/mol. The molecule has 1 N–H and O–H groups in total. The van der Waals surface area contributed by atoms with E-state index in [0.717, 1.165) is 16.4 Å². The number of nitrogens with one attached hydrogen (secondary N) is 1. The van der Waals surface area contributed by atoms with Crippen LogP contribution in [0.25, 0.3) is 6.08 Å². The highest BCUT2D eigenvalue weighted by Gasteiger charge is 1.94. The zero-order chi connectivity index (χ0) is 12.8. The molecule has 0 unspecified atom stereocenters. The maximum Gasteiger partial charge on any atom is 0.203 e. The summed E-state index contributed by atoms with van der Waals surface area (Å²) in [5, 5.41) is 6.96. The molecule has 0 atom stereocenters. The molecule has 18 heavy (non-hydrogen) atoms. The number of nitrogens with zero attached hydrogens (tertiary/aromatic N) is 2. The normalized spacial score (nSPS) is 12.0. The molecule has 0 aliphatic rings. The third-order valence-electron chi connectivity index (χ3n) is 2.24. The minimum absolute atomic E-state index is 0.816. The fourth-order valence-corrected chi connectivity index (χ4v) is 2.08. The summed E-state index contributed by atoms with van der Waals surface area (Å²) < 4.78 is 0. The lowest BCUT2D eigenvalue weighted by molar-refractivity contribution is 1.22. The van der Waals surface area contributed by atoms with Crippen LogP contribution in [0, 0.1) is 6.92 Å². The van der Waals surface area contributed by atoms with Gasteiger partial charge >= 0.3 is 0 Å². The molecule has 92 valence electrons. The third kappa shape index (κ3) is 3.82. The molecule has 0 spiro atoms. The van der Waals surface area contributed by atoms with Crippen LogP contribution in [0.1, 0.15) is 18.2 Å². The number of thiazole rings is 1. The molecule has 0 fully saturated rings. The number of anilines is 1. The van der Waals surface area contributed by atoms with Gasteiger partial charge in [-0.1, -0.05) is 36.4 Å². The first-order valence-electron chi connectivity index (χ1n) is 5.68. The average Bonchev–Trinajstić information content (AvgIpc) is 2.76. The van der Waals surface area contributed by atoms with Crippen LogP contribution in [0.4, 0.5) is 5.13 Å². The van der Waals surface area contributed by atoms with Crippen molar-refractivity contribution >= 4 is 28.8 Å². The maximum absolute atomic E-state index is 4.27. The van der Waals surface area contributed by atoms with Gasteiger partial charge in [-0.15, -0.1) is 11.3 Å². The Balaban J connectivity index is 1.95. The van der Waals surface area contributed by atoms with Crippen molar-refractivity contribution in [2.24, 2.45) is 5.10 Å². The van der Waals surface area contributed by atoms with Crippen molar-refractivity contribution in [3.8, 4) is 0 Å². The van der Waals surface area contributed by atoms with Crippen LogP contribution < -0.4 is 5.43 Å². The molecule has 0 bridgehead atoms. The second-order valence-electron chi connectivity index (χ2n) is 3.96. The Morgan fingerprint density at radius 1 is 1.33 bits per heavy atom. The van der Waals surface area contributed by atoms with Crippen LogP contribution in [0.15, 0.2) is 46.4 Å². The smallest absolute Gasteiger partial charge is 0.203 e. The topological polar surface area (TPSA) is 37.3 Å². The van der Waals surface area contributed by atoms with Gasteiger partial charge in [-0.3, -0.25) is 5.43 Å². The number of hydrogen-bond acceptors (Lipinski definition) is 4. The van der Waals surface area contributed by atoms with Crippen molar-refractivity contribution in [1.29, 1.82) is 0 Å². The van der Waals surface area contributed by atoms with Crippen LogP contribution in [0.3, 0.4) is 0 Å². The monoisotopic (exact) mass is 257 g/mol. The van der Waals surface area contributed by atoms with Crippen molar-refractivity contribution in [2.75, 3.05) is 5.43 Å². The van der Waals surface area contributed by atoms with Gasteiger partial charge in [0.2, 0.25) is 5.13 Å². The molecule has 1 aromatic heterocycles. The molecule has 0 amide bonds. The standard InChI is InChI=1S/C14H15N3S/c1-11(8-13-6-4-3-5-7-13)9-15-17-14-16-12(2)10-18-14/h3-10H,1-2H3,(H,16,17)/b11-8?,15-9-. The zero-order valence-electron chi connectivity index (χ0n) is 10.4. The van der Waals surface area contributed by atoms with Crippen LogP contribution >= 0.6 is 11.3 Å². The predicted octanol–water partition coefficient (Wildman–Crippen LogP) is 3.95. The van der Waals surface area contributed by atoms with Gasteiger partial charge in [0.15, 0.2) is 0 Å². The summed E-state index contributed by atoms with van der Waals surface area (Å²) >= 11 is 1.55. The lowest BCUT2D eigenvalue weighted by Crippen LogP contribution is -1.89. The minimum atomic E-state index is 0.816. The summed E-state index contributed by atoms with van der Waals surface area (Å²) in [6.45, 7) is 3.98. The van der Waals surface area contributed by atoms with Gasteiger partial charge in [-0.05, 0) is 25.0 Å². The maximum atomic E-state index is 4.27. The predicted molar refractivity (Wildman–Crippen MR) is 79.1 cm³/mol. The van der Waals surface area contributed by atoms with E-state index in [2.05, 4.69) is 33.7 Å². The van der Waals surface area contributed by atoms with Gasteiger partial charge in [-0.25, -0.2) is 4.98 Å². The van der Waals surface area contributed by atoms with E-state index in [0.29, 0.717) is 0 Å². The van der Waals surface area contributed by atoms with E-state index in [4.69, 9.17) is 0 Å². The van der Waals surface area contributed by atoms with Crippen LogP contribution in [0.2, 0.25) is 0 Å². The number of benzene rings is 1. The van der Waals surface area contributed by atoms with Gasteiger partial charge in [0, 0.05) is 5.38 Å². The third-order valence-corrected chi connectivity index (χ3v) is 3.11. The fourth-order valence-electron chi connectivity index (χ4n) is 1.44. The van der Waals surface area contributed by atoms with Gasteiger partial charge in [-0.2, -0.15) is 5.10 Å². The summed E-state index contributed by atoms with van der Waals surface area (Å²) in [4.78, 5) is 4.27. The molecule has 0 saturated carbocycles. The minimum Gasteiger partial charge on any atom is -0.253 e. The first kappa shape index (κ1) is 12.5. The molecule has 3 nitrogen and oxygen atoms in total. The molecule has 0 radical (unpaired) electrons. The van der Waals surface area contributed by atoms with Crippen molar-refractivity contribution < 1.29 is 0 Å². The number of aryl methyl sites for hydroxylation is 1. The van der Waals surface area contributed by atoms with E-state index < -0.39 is 0 Å². The molecule has 4 heteroatoms. The first-order chi connectivity index (χ1) is 8.74. The second-order valence-corrected chi connectivity index (χ2v) is 4.82. The molecule has 0 saturated heterocycles. The van der Waals surface area contributed by atoms with Crippen LogP contribution in [-0.4, -0.2) is 11.2 Å². The summed E-state index contributed by atoms with van der Waals surface area (Å²) in [6.07, 6.45) is 3.88. The number of aromatic nitrogens is 1. The highest BCUT2D eigenvalue weighted by atomic mass is 32.1. The Kier molecular flexibility index (Phi) is 4.25. The zero-order valence-corrected chi connectivity index (χ0v) is 11.2. The Labute approximate surface area is 111 Å². The Morgan fingerprint density at radius 2 is 2.11 bits per heavy atom. The number of hydrazone groups is 1. The lowest BCUT2D eigenvalue weighted by atomic mass is 10.1. The van der Waals surface area contributed by atoms with Crippen LogP contribution in [0.5, 0.6) is 0 Å². The van der Waals surface area contributed by atoms with E-state index >= 15 is 0 Å². The van der Waals surface area contributed by atoms with E-state index in [9.17, 15) is 0 Å². The molecule has 1 aromatic carbocycles. The van der Waals surface area contributed by atoms with Crippen LogP contribution in [-0.2, 0) is 0 Å². The Bertz CT molecular complexity index is 555. The van der Waals surface area contributed by atoms with Gasteiger partial charge in [0.05, 0.1) is 11.9 Å². The second kappa shape index (κ2) is 6.12. The first-order valence-corrected chi connectivity index (χ1v) is 6.56. The Morgan fingerprint density at radius 3 is 2.78 bits per heavy atom. The van der Waals surface area contributed by atoms with Gasteiger partial charge in [0.25, 0.3) is 0 Å². The van der Waals surface area contributed by atoms with E-state index in [-0.39, 0.29) is 0 Å². The summed E-state index contributed by atoms with van der Waals surface area (Å²) in [5.41, 5.74) is 6.18. The molecule has 0 aliphatic heterocycles. The molecule has 1 heterocycles. The summed E-state index contributed by atoms with van der Waals surface area (Å²) in [6, 6.07) is 10.2. The quantitative estimate of drug-likeness (QED) is 0.665. The molecular formula is C14H15N3S. The Hall–Kier alpha value is -1.94. The lowest BCUT2D eigenvalue weighted by Gasteiger charge is -1.95.